The second kappa shape index (κ2) is 7.11. The lowest BCUT2D eigenvalue weighted by Gasteiger charge is -2.32. The van der Waals surface area contributed by atoms with Crippen LogP contribution in [0.25, 0.3) is 0 Å². The van der Waals surface area contributed by atoms with Crippen molar-refractivity contribution in [2.45, 2.75) is 26.2 Å². The highest BCUT2D eigenvalue weighted by Gasteiger charge is 2.29. The van der Waals surface area contributed by atoms with Crippen molar-refractivity contribution in [2.75, 3.05) is 43.4 Å². The molecule has 6 nitrogen and oxygen atoms in total. The zero-order chi connectivity index (χ0) is 18.0. The molecular formula is C17H26N2O4S. The zero-order valence-electron chi connectivity index (χ0n) is 14.8. The Bertz CT molecular complexity index is 689. The normalized spacial score (nSPS) is 16.1. The summed E-state index contributed by atoms with van der Waals surface area (Å²) in [4.78, 5) is 14.2. The number of amides is 1. The molecule has 1 aromatic rings. The largest absolute Gasteiger partial charge is 0.378 e. The lowest BCUT2D eigenvalue weighted by atomic mass is 9.86. The fourth-order valence-corrected chi connectivity index (χ4v) is 3.60. The number of hydrogen-bond donors (Lipinski definition) is 0. The molecule has 0 unspecified atom stereocenters. The van der Waals surface area contributed by atoms with E-state index in [9.17, 15) is 13.2 Å². The molecule has 0 spiro atoms. The van der Waals surface area contributed by atoms with Crippen LogP contribution in [0.3, 0.4) is 0 Å². The summed E-state index contributed by atoms with van der Waals surface area (Å²) in [5.74, 6) is -0.201. The van der Waals surface area contributed by atoms with Crippen LogP contribution in [0.5, 0.6) is 0 Å². The zero-order valence-corrected chi connectivity index (χ0v) is 15.6. The van der Waals surface area contributed by atoms with E-state index in [-0.39, 0.29) is 17.9 Å². The molecule has 0 atom stereocenters. The number of anilines is 1. The minimum absolute atomic E-state index is 0.189. The first-order valence-electron chi connectivity index (χ1n) is 8.03. The van der Waals surface area contributed by atoms with Gasteiger partial charge in [-0.1, -0.05) is 39.0 Å². The Balaban J connectivity index is 2.36. The van der Waals surface area contributed by atoms with Crippen LogP contribution in [0.15, 0.2) is 24.3 Å². The van der Waals surface area contributed by atoms with Gasteiger partial charge in [0.2, 0.25) is 15.9 Å². The molecule has 0 saturated carbocycles. The standard InChI is InChI=1S/C17H26N2O4S/c1-17(2,3)14-7-5-6-8-15(14)19(24(4,21)22)13-16(20)18-9-11-23-12-10-18/h5-8H,9-13H2,1-4H3. The van der Waals surface area contributed by atoms with Crippen LogP contribution < -0.4 is 4.31 Å². The maximum Gasteiger partial charge on any atom is 0.243 e. The van der Waals surface area contributed by atoms with Gasteiger partial charge in [-0.25, -0.2) is 8.42 Å². The molecular weight excluding hydrogens is 328 g/mol. The van der Waals surface area contributed by atoms with Gasteiger partial charge in [-0.2, -0.15) is 0 Å². The molecule has 1 fully saturated rings. The van der Waals surface area contributed by atoms with Gasteiger partial charge in [0, 0.05) is 13.1 Å². The van der Waals surface area contributed by atoms with E-state index >= 15 is 0 Å². The Morgan fingerprint density at radius 1 is 1.21 bits per heavy atom. The van der Waals surface area contributed by atoms with Crippen LogP contribution in [0, 0.1) is 0 Å². The Morgan fingerprint density at radius 3 is 2.33 bits per heavy atom. The first kappa shape index (κ1) is 18.7. The molecule has 1 heterocycles. The summed E-state index contributed by atoms with van der Waals surface area (Å²) in [6.07, 6.45) is 1.14. The predicted octanol–water partition coefficient (Wildman–Crippen LogP) is 1.61. The third-order valence-electron chi connectivity index (χ3n) is 4.02. The van der Waals surface area contributed by atoms with E-state index in [4.69, 9.17) is 4.74 Å². The molecule has 1 saturated heterocycles. The average Bonchev–Trinajstić information content (AvgIpc) is 2.51. The number of ether oxygens (including phenoxy) is 1. The van der Waals surface area contributed by atoms with Crippen molar-refractivity contribution in [3.05, 3.63) is 29.8 Å². The number of carbonyl (C=O) groups is 1. The number of hydrogen-bond acceptors (Lipinski definition) is 4. The number of para-hydroxylation sites is 1. The molecule has 134 valence electrons. The van der Waals surface area contributed by atoms with Crippen LogP contribution in [0.2, 0.25) is 0 Å². The highest BCUT2D eigenvalue weighted by atomic mass is 32.2. The fourth-order valence-electron chi connectivity index (χ4n) is 2.74. The van der Waals surface area contributed by atoms with Crippen LogP contribution in [0.1, 0.15) is 26.3 Å². The van der Waals surface area contributed by atoms with Gasteiger partial charge in [0.1, 0.15) is 6.54 Å². The number of carbonyl (C=O) groups excluding carboxylic acids is 1. The van der Waals surface area contributed by atoms with Crippen LogP contribution >= 0.6 is 0 Å². The Kier molecular flexibility index (Phi) is 5.55. The van der Waals surface area contributed by atoms with Crippen molar-refractivity contribution in [2.24, 2.45) is 0 Å². The van der Waals surface area contributed by atoms with Crippen molar-refractivity contribution >= 4 is 21.6 Å². The molecule has 0 N–H and O–H groups in total. The van der Waals surface area contributed by atoms with Gasteiger partial charge in [-0.15, -0.1) is 0 Å². The maximum atomic E-state index is 12.6. The topological polar surface area (TPSA) is 66.9 Å². The Labute approximate surface area is 144 Å². The average molecular weight is 354 g/mol. The van der Waals surface area contributed by atoms with Crippen molar-refractivity contribution < 1.29 is 17.9 Å². The van der Waals surface area contributed by atoms with Gasteiger partial charge in [-0.05, 0) is 17.0 Å². The van der Waals surface area contributed by atoms with Crippen LogP contribution in [-0.4, -0.2) is 58.3 Å². The van der Waals surface area contributed by atoms with E-state index in [0.717, 1.165) is 11.8 Å². The monoisotopic (exact) mass is 354 g/mol. The van der Waals surface area contributed by atoms with Gasteiger partial charge in [-0.3, -0.25) is 9.10 Å². The second-order valence-electron chi connectivity index (χ2n) is 7.03. The summed E-state index contributed by atoms with van der Waals surface area (Å²) < 4.78 is 31.2. The van der Waals surface area contributed by atoms with E-state index in [1.807, 2.05) is 32.9 Å². The molecule has 1 aromatic carbocycles. The van der Waals surface area contributed by atoms with E-state index in [1.165, 1.54) is 4.31 Å². The van der Waals surface area contributed by atoms with Crippen LogP contribution in [-0.2, 0) is 25.0 Å². The van der Waals surface area contributed by atoms with E-state index in [1.54, 1.807) is 17.0 Å². The fraction of sp³-hybridized carbons (Fsp3) is 0.588. The van der Waals surface area contributed by atoms with Gasteiger partial charge in [0.05, 0.1) is 25.2 Å². The minimum Gasteiger partial charge on any atom is -0.378 e. The smallest absolute Gasteiger partial charge is 0.243 e. The quantitative estimate of drug-likeness (QED) is 0.824. The highest BCUT2D eigenvalue weighted by molar-refractivity contribution is 7.92. The van der Waals surface area contributed by atoms with Crippen molar-refractivity contribution in [1.29, 1.82) is 0 Å². The van der Waals surface area contributed by atoms with Gasteiger partial charge >= 0.3 is 0 Å². The summed E-state index contributed by atoms with van der Waals surface area (Å²) >= 11 is 0. The molecule has 0 radical (unpaired) electrons. The number of sulfonamides is 1. The number of rotatable bonds is 4. The third kappa shape index (κ3) is 4.48. The lowest BCUT2D eigenvalue weighted by Crippen LogP contribution is -2.47. The number of morpholine rings is 1. The first-order valence-corrected chi connectivity index (χ1v) is 9.88. The molecule has 1 aliphatic heterocycles. The molecule has 2 rings (SSSR count). The Morgan fingerprint density at radius 2 is 1.79 bits per heavy atom. The molecule has 1 aliphatic rings. The molecule has 1 amide bonds. The first-order chi connectivity index (χ1) is 11.1. The van der Waals surface area contributed by atoms with Crippen molar-refractivity contribution in [3.8, 4) is 0 Å². The highest BCUT2D eigenvalue weighted by Crippen LogP contribution is 2.33. The molecule has 0 aliphatic carbocycles. The molecule has 24 heavy (non-hydrogen) atoms. The van der Waals surface area contributed by atoms with E-state index in [2.05, 4.69) is 0 Å². The van der Waals surface area contributed by atoms with Gasteiger partial charge in [0.15, 0.2) is 0 Å². The number of benzene rings is 1. The lowest BCUT2D eigenvalue weighted by molar-refractivity contribution is -0.133. The van der Waals surface area contributed by atoms with E-state index < -0.39 is 10.0 Å². The Hall–Kier alpha value is -1.60. The van der Waals surface area contributed by atoms with Crippen molar-refractivity contribution in [1.82, 2.24) is 4.90 Å². The summed E-state index contributed by atoms with van der Waals surface area (Å²) in [5.41, 5.74) is 1.22. The summed E-state index contributed by atoms with van der Waals surface area (Å²) in [7, 11) is -3.58. The van der Waals surface area contributed by atoms with Gasteiger partial charge < -0.3 is 9.64 Å². The molecule has 0 aromatic heterocycles. The number of nitrogens with zero attached hydrogens (tertiary/aromatic N) is 2. The van der Waals surface area contributed by atoms with Gasteiger partial charge in [0.25, 0.3) is 0 Å². The summed E-state index contributed by atoms with van der Waals surface area (Å²) in [6.45, 7) is 7.86. The minimum atomic E-state index is -3.58. The van der Waals surface area contributed by atoms with Crippen molar-refractivity contribution in [3.63, 3.8) is 0 Å². The summed E-state index contributed by atoms with van der Waals surface area (Å²) in [6, 6.07) is 7.34. The molecule has 7 heteroatoms. The SMILES string of the molecule is CC(C)(C)c1ccccc1N(CC(=O)N1CCOCC1)S(C)(=O)=O. The maximum absolute atomic E-state index is 12.6. The van der Waals surface area contributed by atoms with E-state index in [0.29, 0.717) is 32.0 Å². The van der Waals surface area contributed by atoms with Crippen LogP contribution in [0.4, 0.5) is 5.69 Å². The second-order valence-corrected chi connectivity index (χ2v) is 8.94. The predicted molar refractivity (Wildman–Crippen MR) is 94.7 cm³/mol. The third-order valence-corrected chi connectivity index (χ3v) is 5.15. The summed E-state index contributed by atoms with van der Waals surface area (Å²) in [5, 5.41) is 0. The molecule has 0 bridgehead atoms.